The maximum atomic E-state index is 6.32. The molecule has 2 rings (SSSR count). The Hall–Kier alpha value is -0.900. The number of nitrogens with one attached hydrogen (secondary N) is 1. The van der Waals surface area contributed by atoms with Crippen molar-refractivity contribution >= 4 is 28.9 Å². The summed E-state index contributed by atoms with van der Waals surface area (Å²) in [5.41, 5.74) is 4.39. The second-order valence-electron chi connectivity index (χ2n) is 6.58. The monoisotopic (exact) mass is 328 g/mol. The summed E-state index contributed by atoms with van der Waals surface area (Å²) in [7, 11) is 0. The van der Waals surface area contributed by atoms with Gasteiger partial charge in [0, 0.05) is 12.3 Å². The van der Waals surface area contributed by atoms with Gasteiger partial charge in [0.25, 0.3) is 0 Å². The van der Waals surface area contributed by atoms with Gasteiger partial charge in [0.05, 0.1) is 27.9 Å². The Balaban J connectivity index is 2.27. The van der Waals surface area contributed by atoms with Crippen molar-refractivity contribution in [2.75, 3.05) is 5.01 Å². The van der Waals surface area contributed by atoms with Gasteiger partial charge in [0.2, 0.25) is 0 Å². The molecule has 1 aromatic carbocycles. The van der Waals surface area contributed by atoms with Crippen LogP contribution >= 0.6 is 23.2 Å². The van der Waals surface area contributed by atoms with Gasteiger partial charge in [-0.05, 0) is 31.4 Å². The van der Waals surface area contributed by atoms with E-state index < -0.39 is 0 Å². The van der Waals surface area contributed by atoms with Crippen LogP contribution in [0.5, 0.6) is 5.75 Å². The number of benzene rings is 1. The Kier molecular flexibility index (Phi) is 4.76. The molecule has 1 aliphatic rings. The molecule has 1 unspecified atom stereocenters. The molecule has 0 bridgehead atoms. The lowest BCUT2D eigenvalue weighted by Gasteiger charge is -2.29. The van der Waals surface area contributed by atoms with Crippen LogP contribution in [0, 0.1) is 5.41 Å². The van der Waals surface area contributed by atoms with Crippen LogP contribution < -0.4 is 15.2 Å². The smallest absolute Gasteiger partial charge is 0.140 e. The number of hydrogen-bond donors (Lipinski definition) is 1. The van der Waals surface area contributed by atoms with E-state index in [0.717, 1.165) is 5.69 Å². The zero-order valence-electron chi connectivity index (χ0n) is 13.1. The van der Waals surface area contributed by atoms with Gasteiger partial charge in [-0.3, -0.25) is 5.01 Å². The van der Waals surface area contributed by atoms with E-state index in [2.05, 4.69) is 32.3 Å². The summed E-state index contributed by atoms with van der Waals surface area (Å²) < 4.78 is 5.73. The van der Waals surface area contributed by atoms with Gasteiger partial charge >= 0.3 is 0 Å². The van der Waals surface area contributed by atoms with Crippen LogP contribution in [0.1, 0.15) is 34.6 Å². The molecule has 21 heavy (non-hydrogen) atoms. The molecule has 0 fully saturated rings. The van der Waals surface area contributed by atoms with Crippen LogP contribution in [0.15, 0.2) is 24.4 Å². The largest absolute Gasteiger partial charge is 0.489 e. The molecule has 3 nitrogen and oxygen atoms in total. The normalized spacial score (nSPS) is 18.7. The van der Waals surface area contributed by atoms with Crippen LogP contribution in [-0.4, -0.2) is 12.1 Å². The second kappa shape index (κ2) is 6.07. The molecular weight excluding hydrogens is 307 g/mol. The predicted molar refractivity (Wildman–Crippen MR) is 90.2 cm³/mol. The van der Waals surface area contributed by atoms with Gasteiger partial charge in [-0.15, -0.1) is 0 Å². The Labute approximate surface area is 136 Å². The highest BCUT2D eigenvalue weighted by Gasteiger charge is 2.28. The third-order valence-corrected chi connectivity index (χ3v) is 3.86. The van der Waals surface area contributed by atoms with Crippen LogP contribution in [0.2, 0.25) is 10.0 Å². The van der Waals surface area contributed by atoms with E-state index >= 15 is 0 Å². The minimum absolute atomic E-state index is 0.0564. The van der Waals surface area contributed by atoms with Crippen molar-refractivity contribution in [2.45, 2.75) is 46.8 Å². The number of nitrogens with zero attached hydrogens (tertiary/aromatic N) is 1. The molecule has 116 valence electrons. The van der Waals surface area contributed by atoms with Crippen molar-refractivity contribution in [1.29, 1.82) is 0 Å². The average Bonchev–Trinajstić information content (AvgIpc) is 2.81. The fraction of sp³-hybridized carbons (Fsp3) is 0.500. The molecule has 0 amide bonds. The summed E-state index contributed by atoms with van der Waals surface area (Å²) >= 11 is 12.5. The summed E-state index contributed by atoms with van der Waals surface area (Å²) in [4.78, 5) is 0. The molecule has 0 aromatic heterocycles. The van der Waals surface area contributed by atoms with Crippen molar-refractivity contribution in [3.63, 3.8) is 0 Å². The molecule has 0 saturated heterocycles. The van der Waals surface area contributed by atoms with Crippen molar-refractivity contribution in [3.05, 3.63) is 34.5 Å². The molecule has 0 saturated carbocycles. The molecule has 1 aliphatic heterocycles. The highest BCUT2D eigenvalue weighted by Crippen LogP contribution is 2.38. The highest BCUT2D eigenvalue weighted by atomic mass is 35.5. The van der Waals surface area contributed by atoms with Gasteiger partial charge < -0.3 is 4.74 Å². The number of anilines is 1. The first kappa shape index (κ1) is 16.5. The Morgan fingerprint density at radius 1 is 1.19 bits per heavy atom. The number of halogens is 2. The average molecular weight is 329 g/mol. The van der Waals surface area contributed by atoms with Crippen LogP contribution in [0.3, 0.4) is 0 Å². The Bertz CT molecular complexity index is 550. The maximum absolute atomic E-state index is 6.32. The zero-order chi connectivity index (χ0) is 15.8. The van der Waals surface area contributed by atoms with Crippen LogP contribution in [0.25, 0.3) is 0 Å². The van der Waals surface area contributed by atoms with E-state index in [1.807, 2.05) is 31.1 Å². The topological polar surface area (TPSA) is 24.5 Å². The van der Waals surface area contributed by atoms with Crippen molar-refractivity contribution in [1.82, 2.24) is 5.43 Å². The van der Waals surface area contributed by atoms with Gasteiger partial charge in [-0.25, -0.2) is 5.43 Å². The van der Waals surface area contributed by atoms with E-state index in [1.165, 1.54) is 0 Å². The zero-order valence-corrected chi connectivity index (χ0v) is 14.6. The molecule has 5 heteroatoms. The molecule has 1 heterocycles. The van der Waals surface area contributed by atoms with Gasteiger partial charge in [-0.1, -0.05) is 44.0 Å². The minimum Gasteiger partial charge on any atom is -0.489 e. The number of hydrogen-bond acceptors (Lipinski definition) is 3. The Morgan fingerprint density at radius 3 is 2.38 bits per heavy atom. The summed E-state index contributed by atoms with van der Waals surface area (Å²) in [6, 6.07) is 3.84. The lowest BCUT2D eigenvalue weighted by molar-refractivity contribution is 0.242. The van der Waals surface area contributed by atoms with Crippen molar-refractivity contribution in [3.8, 4) is 5.75 Å². The summed E-state index contributed by atoms with van der Waals surface area (Å²) in [6.07, 6.45) is 4.18. The third-order valence-electron chi connectivity index (χ3n) is 3.26. The van der Waals surface area contributed by atoms with E-state index in [0.29, 0.717) is 15.8 Å². The molecule has 1 atom stereocenters. The van der Waals surface area contributed by atoms with Gasteiger partial charge in [-0.2, -0.15) is 0 Å². The number of hydrazine groups is 1. The van der Waals surface area contributed by atoms with Crippen molar-refractivity contribution in [2.24, 2.45) is 5.41 Å². The standard InChI is InChI=1S/C16H22Cl2N2O/c1-10(2)21-14-9-13(11(17)8-12(14)18)20-7-6-15(19-20)16(3,4)5/h6-10,15,19H,1-5H3. The van der Waals surface area contributed by atoms with Gasteiger partial charge in [0.1, 0.15) is 5.75 Å². The van der Waals surface area contributed by atoms with E-state index in [4.69, 9.17) is 27.9 Å². The fourth-order valence-electron chi connectivity index (χ4n) is 2.09. The predicted octanol–water partition coefficient (Wildman–Crippen LogP) is 5.03. The first-order valence-corrected chi connectivity index (χ1v) is 7.83. The quantitative estimate of drug-likeness (QED) is 0.841. The first-order valence-electron chi connectivity index (χ1n) is 7.08. The second-order valence-corrected chi connectivity index (χ2v) is 7.40. The SMILES string of the molecule is CC(C)Oc1cc(N2C=CC(C(C)(C)C)N2)c(Cl)cc1Cl. The summed E-state index contributed by atoms with van der Waals surface area (Å²) in [5.74, 6) is 0.639. The fourth-order valence-corrected chi connectivity index (χ4v) is 2.61. The van der Waals surface area contributed by atoms with Crippen LogP contribution in [-0.2, 0) is 0 Å². The maximum Gasteiger partial charge on any atom is 0.140 e. The summed E-state index contributed by atoms with van der Waals surface area (Å²) in [5, 5.41) is 3.03. The molecule has 1 aromatic rings. The molecule has 0 spiro atoms. The lowest BCUT2D eigenvalue weighted by Crippen LogP contribution is -2.42. The van der Waals surface area contributed by atoms with Gasteiger partial charge in [0.15, 0.2) is 0 Å². The molecular formula is C16H22Cl2N2O. The number of rotatable bonds is 3. The molecule has 0 radical (unpaired) electrons. The molecule has 0 aliphatic carbocycles. The highest BCUT2D eigenvalue weighted by molar-refractivity contribution is 6.37. The third kappa shape index (κ3) is 3.85. The summed E-state index contributed by atoms with van der Waals surface area (Å²) in [6.45, 7) is 10.5. The van der Waals surface area contributed by atoms with Crippen LogP contribution in [0.4, 0.5) is 5.69 Å². The lowest BCUT2D eigenvalue weighted by atomic mass is 9.88. The number of ether oxygens (including phenoxy) is 1. The van der Waals surface area contributed by atoms with E-state index in [1.54, 1.807) is 6.07 Å². The van der Waals surface area contributed by atoms with Crippen molar-refractivity contribution < 1.29 is 4.74 Å². The minimum atomic E-state index is 0.0564. The Morgan fingerprint density at radius 2 is 1.86 bits per heavy atom. The van der Waals surface area contributed by atoms with E-state index in [9.17, 15) is 0 Å². The molecule has 1 N–H and O–H groups in total. The first-order chi connectivity index (χ1) is 9.68. The van der Waals surface area contributed by atoms with E-state index in [-0.39, 0.29) is 17.6 Å².